The minimum absolute atomic E-state index is 0.0506. The number of rotatable bonds is 4. The van der Waals surface area contributed by atoms with E-state index in [1.54, 1.807) is 19.2 Å². The number of hydrogen-bond acceptors (Lipinski definition) is 4. The van der Waals surface area contributed by atoms with Gasteiger partial charge in [-0.3, -0.25) is 5.32 Å². The highest BCUT2D eigenvalue weighted by Crippen LogP contribution is 2.22. The standard InChI is InChI=1S/C11H13N3O3S/c1-11(2,5-12)6-13-10(17)14-8-7(9(15)16)3-4-18-8/h3-4H,6H2,1-2H3,(H,15,16)(H2,13,14,17). The van der Waals surface area contributed by atoms with Crippen LogP contribution in [-0.4, -0.2) is 23.7 Å². The van der Waals surface area contributed by atoms with Crippen LogP contribution in [0.5, 0.6) is 0 Å². The van der Waals surface area contributed by atoms with E-state index in [0.29, 0.717) is 0 Å². The molecule has 0 aliphatic carbocycles. The first kappa shape index (κ1) is 14.0. The molecule has 1 aromatic heterocycles. The lowest BCUT2D eigenvalue weighted by atomic mass is 9.96. The molecule has 96 valence electrons. The maximum atomic E-state index is 11.5. The number of thiophene rings is 1. The molecule has 0 spiro atoms. The Morgan fingerprint density at radius 2 is 2.22 bits per heavy atom. The number of hydrogen-bond donors (Lipinski definition) is 3. The maximum Gasteiger partial charge on any atom is 0.338 e. The van der Waals surface area contributed by atoms with Gasteiger partial charge in [0.15, 0.2) is 0 Å². The maximum absolute atomic E-state index is 11.5. The molecular weight excluding hydrogens is 254 g/mol. The number of nitrogens with one attached hydrogen (secondary N) is 2. The Bertz CT molecular complexity index is 502. The Balaban J connectivity index is 2.58. The number of nitriles is 1. The molecule has 7 heteroatoms. The predicted molar refractivity (Wildman–Crippen MR) is 67.7 cm³/mol. The number of carbonyl (C=O) groups is 2. The van der Waals surface area contributed by atoms with Gasteiger partial charge in [0.2, 0.25) is 0 Å². The first-order chi connectivity index (χ1) is 8.35. The second-order valence-corrected chi connectivity index (χ2v) is 5.19. The summed E-state index contributed by atoms with van der Waals surface area (Å²) < 4.78 is 0. The Morgan fingerprint density at radius 3 is 2.78 bits per heavy atom. The third-order valence-electron chi connectivity index (χ3n) is 2.12. The molecule has 6 nitrogen and oxygen atoms in total. The number of carboxylic acids is 1. The van der Waals surface area contributed by atoms with Gasteiger partial charge in [0, 0.05) is 6.54 Å². The summed E-state index contributed by atoms with van der Waals surface area (Å²) in [7, 11) is 0. The van der Waals surface area contributed by atoms with Crippen LogP contribution in [0.25, 0.3) is 0 Å². The van der Waals surface area contributed by atoms with Crippen molar-refractivity contribution in [2.75, 3.05) is 11.9 Å². The molecule has 0 unspecified atom stereocenters. The van der Waals surface area contributed by atoms with Gasteiger partial charge in [-0.25, -0.2) is 9.59 Å². The average molecular weight is 267 g/mol. The number of carbonyl (C=O) groups excluding carboxylic acids is 1. The highest BCUT2D eigenvalue weighted by atomic mass is 32.1. The van der Waals surface area contributed by atoms with E-state index in [1.165, 1.54) is 6.07 Å². The lowest BCUT2D eigenvalue weighted by Crippen LogP contribution is -2.36. The molecule has 1 rings (SSSR count). The fourth-order valence-corrected chi connectivity index (χ4v) is 1.84. The van der Waals surface area contributed by atoms with Crippen LogP contribution in [0.3, 0.4) is 0 Å². The van der Waals surface area contributed by atoms with E-state index >= 15 is 0 Å². The van der Waals surface area contributed by atoms with Gasteiger partial charge >= 0.3 is 12.0 Å². The predicted octanol–water partition coefficient (Wildman–Crippen LogP) is 2.12. The van der Waals surface area contributed by atoms with Gasteiger partial charge in [-0.15, -0.1) is 11.3 Å². The first-order valence-electron chi connectivity index (χ1n) is 5.12. The van der Waals surface area contributed by atoms with Crippen LogP contribution in [0.2, 0.25) is 0 Å². The summed E-state index contributed by atoms with van der Waals surface area (Å²) in [6, 6.07) is 2.94. The summed E-state index contributed by atoms with van der Waals surface area (Å²) in [5.74, 6) is -1.09. The van der Waals surface area contributed by atoms with Crippen molar-refractivity contribution in [2.24, 2.45) is 5.41 Å². The number of anilines is 1. The van der Waals surface area contributed by atoms with Crippen LogP contribution in [0.15, 0.2) is 11.4 Å². The topological polar surface area (TPSA) is 102 Å². The van der Waals surface area contributed by atoms with E-state index < -0.39 is 17.4 Å². The molecule has 0 saturated heterocycles. The Kier molecular flexibility index (Phi) is 4.28. The zero-order valence-electron chi connectivity index (χ0n) is 9.98. The van der Waals surface area contributed by atoms with E-state index in [2.05, 4.69) is 16.7 Å². The van der Waals surface area contributed by atoms with E-state index in [4.69, 9.17) is 10.4 Å². The number of amides is 2. The van der Waals surface area contributed by atoms with Gasteiger partial charge in [0.05, 0.1) is 17.0 Å². The largest absolute Gasteiger partial charge is 0.478 e. The number of aromatic carboxylic acids is 1. The minimum atomic E-state index is -1.09. The summed E-state index contributed by atoms with van der Waals surface area (Å²) >= 11 is 1.13. The van der Waals surface area contributed by atoms with Crippen LogP contribution >= 0.6 is 11.3 Å². The van der Waals surface area contributed by atoms with Crippen molar-refractivity contribution < 1.29 is 14.7 Å². The van der Waals surface area contributed by atoms with Crippen LogP contribution in [0.1, 0.15) is 24.2 Å². The van der Waals surface area contributed by atoms with Crippen molar-refractivity contribution in [1.29, 1.82) is 5.26 Å². The van der Waals surface area contributed by atoms with Gasteiger partial charge in [-0.05, 0) is 25.3 Å². The van der Waals surface area contributed by atoms with Crippen molar-refractivity contribution in [3.05, 3.63) is 17.0 Å². The SMILES string of the molecule is CC(C)(C#N)CNC(=O)Nc1sccc1C(=O)O. The lowest BCUT2D eigenvalue weighted by molar-refractivity contribution is 0.0698. The van der Waals surface area contributed by atoms with Gasteiger partial charge in [0.25, 0.3) is 0 Å². The molecular formula is C11H13N3O3S. The quantitative estimate of drug-likeness (QED) is 0.777. The Morgan fingerprint density at radius 1 is 1.56 bits per heavy atom. The Labute approximate surface area is 108 Å². The van der Waals surface area contributed by atoms with Crippen molar-refractivity contribution in [3.63, 3.8) is 0 Å². The third-order valence-corrected chi connectivity index (χ3v) is 2.95. The molecule has 0 fully saturated rings. The second kappa shape index (κ2) is 5.51. The normalized spacial score (nSPS) is 10.5. The van der Waals surface area contributed by atoms with Crippen LogP contribution in [0.4, 0.5) is 9.80 Å². The van der Waals surface area contributed by atoms with Gasteiger partial charge in [-0.2, -0.15) is 5.26 Å². The summed E-state index contributed by atoms with van der Waals surface area (Å²) in [5.41, 5.74) is -0.614. The van der Waals surface area contributed by atoms with Crippen molar-refractivity contribution in [1.82, 2.24) is 5.32 Å². The molecule has 3 N–H and O–H groups in total. The molecule has 0 radical (unpaired) electrons. The van der Waals surface area contributed by atoms with Crippen molar-refractivity contribution in [3.8, 4) is 6.07 Å². The molecule has 2 amide bonds. The van der Waals surface area contributed by atoms with Gasteiger partial charge in [-0.1, -0.05) is 0 Å². The van der Waals surface area contributed by atoms with E-state index in [9.17, 15) is 9.59 Å². The molecule has 0 aliphatic rings. The number of urea groups is 1. The summed E-state index contributed by atoms with van der Waals surface area (Å²) in [4.78, 5) is 22.3. The fraction of sp³-hybridized carbons (Fsp3) is 0.364. The van der Waals surface area contributed by atoms with E-state index in [0.717, 1.165) is 11.3 Å². The molecule has 18 heavy (non-hydrogen) atoms. The number of nitrogens with zero attached hydrogens (tertiary/aromatic N) is 1. The molecule has 0 saturated carbocycles. The second-order valence-electron chi connectivity index (χ2n) is 4.27. The molecule has 0 aromatic carbocycles. The van der Waals surface area contributed by atoms with E-state index in [1.807, 2.05) is 0 Å². The molecule has 0 atom stereocenters. The van der Waals surface area contributed by atoms with Gasteiger partial charge in [0.1, 0.15) is 5.00 Å². The van der Waals surface area contributed by atoms with Gasteiger partial charge < -0.3 is 10.4 Å². The Hall–Kier alpha value is -2.07. The zero-order chi connectivity index (χ0) is 13.8. The summed E-state index contributed by atoms with van der Waals surface area (Å²) in [6.45, 7) is 3.57. The van der Waals surface area contributed by atoms with Crippen molar-refractivity contribution >= 4 is 28.3 Å². The third kappa shape index (κ3) is 3.75. The zero-order valence-corrected chi connectivity index (χ0v) is 10.8. The molecule has 0 aliphatic heterocycles. The van der Waals surface area contributed by atoms with Crippen LogP contribution in [-0.2, 0) is 0 Å². The number of carboxylic acid groups (broad SMARTS) is 1. The van der Waals surface area contributed by atoms with E-state index in [-0.39, 0.29) is 17.1 Å². The minimum Gasteiger partial charge on any atom is -0.478 e. The summed E-state index contributed by atoms with van der Waals surface area (Å²) in [5, 5.41) is 24.5. The fourth-order valence-electron chi connectivity index (χ4n) is 1.06. The smallest absolute Gasteiger partial charge is 0.338 e. The molecule has 0 bridgehead atoms. The first-order valence-corrected chi connectivity index (χ1v) is 6.00. The lowest BCUT2D eigenvalue weighted by Gasteiger charge is -2.15. The molecule has 1 aromatic rings. The van der Waals surface area contributed by atoms with Crippen molar-refractivity contribution in [2.45, 2.75) is 13.8 Å². The summed E-state index contributed by atoms with van der Waals surface area (Å²) in [6.07, 6.45) is 0. The molecule has 1 heterocycles. The average Bonchev–Trinajstić information content (AvgIpc) is 2.75. The highest BCUT2D eigenvalue weighted by Gasteiger charge is 2.19. The van der Waals surface area contributed by atoms with Crippen LogP contribution in [0, 0.1) is 16.7 Å². The van der Waals surface area contributed by atoms with Crippen LogP contribution < -0.4 is 10.6 Å². The monoisotopic (exact) mass is 267 g/mol. The highest BCUT2D eigenvalue weighted by molar-refractivity contribution is 7.14.